The Morgan fingerprint density at radius 3 is 2.57 bits per heavy atom. The van der Waals surface area contributed by atoms with Gasteiger partial charge in [-0.25, -0.2) is 4.98 Å². The lowest BCUT2D eigenvalue weighted by Gasteiger charge is -2.31. The molecule has 0 spiro atoms. The van der Waals surface area contributed by atoms with E-state index >= 15 is 0 Å². The summed E-state index contributed by atoms with van der Waals surface area (Å²) in [4.78, 5) is 23.7. The maximum Gasteiger partial charge on any atom is 0.256 e. The molecule has 1 saturated heterocycles. The highest BCUT2D eigenvalue weighted by Gasteiger charge is 2.37. The first-order valence-electron chi connectivity index (χ1n) is 15.3. The third-order valence-electron chi connectivity index (χ3n) is 7.70. The maximum absolute atomic E-state index is 13.8. The van der Waals surface area contributed by atoms with Gasteiger partial charge in [0.1, 0.15) is 28.5 Å². The first-order chi connectivity index (χ1) is 21.5. The number of ether oxygens (including phenoxy) is 4. The highest BCUT2D eigenvalue weighted by molar-refractivity contribution is 7.99. The molecule has 3 N–H and O–H groups in total. The van der Waals surface area contributed by atoms with Gasteiger partial charge in [0.05, 0.1) is 48.6 Å². The number of thioether (sulfide) groups is 1. The standard InChI is InChI=1S/C34H42N4O5S/c1-4-41-34(44-5-2)29-13-10-18-38(29)33(39)26-21-25(40-3)22-30(31(26)35)43-20-9-8-19-42-24-16-14-23(15-17-24)32-36-27-11-6-7-12-28(27)37-32/h6-7,11-12,14-17,21-22,29,34H,4-5,8-10,13,18-20,35H2,1-3H3,(H,36,37)/t29-,34?/m0/s1. The number of likely N-dealkylation sites (tertiary alicyclic amines) is 1. The number of benzene rings is 3. The van der Waals surface area contributed by atoms with E-state index < -0.39 is 0 Å². The van der Waals surface area contributed by atoms with Crippen LogP contribution >= 0.6 is 11.8 Å². The Hall–Kier alpha value is -3.89. The second-order valence-corrected chi connectivity index (χ2v) is 12.0. The fraction of sp³-hybridized carbons (Fsp3) is 0.412. The fourth-order valence-electron chi connectivity index (χ4n) is 5.47. The summed E-state index contributed by atoms with van der Waals surface area (Å²) in [5.74, 6) is 3.43. The average Bonchev–Trinajstić information content (AvgIpc) is 3.71. The van der Waals surface area contributed by atoms with Crippen molar-refractivity contribution in [3.63, 3.8) is 0 Å². The van der Waals surface area contributed by atoms with Gasteiger partial charge in [-0.05, 0) is 80.8 Å². The number of carbonyl (C=O) groups excluding carboxylic acids is 1. The van der Waals surface area contributed by atoms with Gasteiger partial charge < -0.3 is 34.6 Å². The van der Waals surface area contributed by atoms with Crippen LogP contribution in [0.1, 0.15) is 49.9 Å². The molecule has 2 atom stereocenters. The lowest BCUT2D eigenvalue weighted by molar-refractivity contribution is 0.0461. The van der Waals surface area contributed by atoms with E-state index in [1.807, 2.05) is 60.4 Å². The zero-order valence-electron chi connectivity index (χ0n) is 25.7. The molecule has 1 amide bonds. The Morgan fingerprint density at radius 1 is 1.07 bits per heavy atom. The Kier molecular flexibility index (Phi) is 10.9. The first-order valence-corrected chi connectivity index (χ1v) is 16.4. The Balaban J connectivity index is 1.13. The Labute approximate surface area is 263 Å². The molecular weight excluding hydrogens is 576 g/mol. The van der Waals surface area contributed by atoms with Gasteiger partial charge in [0, 0.05) is 24.8 Å². The fourth-order valence-corrected chi connectivity index (χ4v) is 6.54. The Morgan fingerprint density at radius 2 is 1.84 bits per heavy atom. The van der Waals surface area contributed by atoms with Crippen molar-refractivity contribution in [3.8, 4) is 28.6 Å². The lowest BCUT2D eigenvalue weighted by Crippen LogP contribution is -2.43. The number of amides is 1. The summed E-state index contributed by atoms with van der Waals surface area (Å²) in [7, 11) is 1.58. The monoisotopic (exact) mass is 618 g/mol. The molecule has 1 aromatic heterocycles. The van der Waals surface area contributed by atoms with Crippen LogP contribution < -0.4 is 19.9 Å². The molecule has 2 heterocycles. The van der Waals surface area contributed by atoms with Crippen LogP contribution in [0.5, 0.6) is 17.2 Å². The maximum atomic E-state index is 13.8. The van der Waals surface area contributed by atoms with Crippen molar-refractivity contribution in [2.75, 3.05) is 45.0 Å². The highest BCUT2D eigenvalue weighted by atomic mass is 32.2. The minimum absolute atomic E-state index is 0.00356. The number of nitrogen functional groups attached to an aromatic ring is 1. The van der Waals surface area contributed by atoms with Gasteiger partial charge in [0.2, 0.25) is 0 Å². The number of aromatic amines is 1. The van der Waals surface area contributed by atoms with Gasteiger partial charge in [-0.15, -0.1) is 11.8 Å². The summed E-state index contributed by atoms with van der Waals surface area (Å²) in [6, 6.07) is 19.4. The molecule has 0 bridgehead atoms. The van der Waals surface area contributed by atoms with Gasteiger partial charge in [-0.3, -0.25) is 4.79 Å². The number of nitrogens with zero attached hydrogens (tertiary/aromatic N) is 2. The molecule has 4 aromatic rings. The third-order valence-corrected chi connectivity index (χ3v) is 8.81. The summed E-state index contributed by atoms with van der Waals surface area (Å²) in [6.07, 6.45) is 3.40. The molecular formula is C34H42N4O5S. The number of nitrogens with two attached hydrogens (primary N) is 1. The lowest BCUT2D eigenvalue weighted by atomic mass is 10.1. The number of carbonyl (C=O) groups is 1. The molecule has 1 unspecified atom stereocenters. The second-order valence-electron chi connectivity index (χ2n) is 10.6. The molecule has 0 aliphatic carbocycles. The quantitative estimate of drug-likeness (QED) is 0.0852. The summed E-state index contributed by atoms with van der Waals surface area (Å²) in [6.45, 7) is 6.36. The summed E-state index contributed by atoms with van der Waals surface area (Å²) in [5, 5.41) is 0. The molecule has 0 saturated carbocycles. The minimum Gasteiger partial charge on any atom is -0.497 e. The number of nitrogens with one attached hydrogen (secondary N) is 1. The zero-order chi connectivity index (χ0) is 30.9. The third kappa shape index (κ3) is 7.42. The number of fused-ring (bicyclic) bond motifs is 1. The van der Waals surface area contributed by atoms with E-state index in [4.69, 9.17) is 24.7 Å². The first kappa shape index (κ1) is 31.5. The van der Waals surface area contributed by atoms with Crippen LogP contribution in [0.2, 0.25) is 0 Å². The molecule has 10 heteroatoms. The summed E-state index contributed by atoms with van der Waals surface area (Å²) >= 11 is 1.74. The van der Waals surface area contributed by atoms with Crippen LogP contribution in [-0.2, 0) is 4.74 Å². The summed E-state index contributed by atoms with van der Waals surface area (Å²) in [5.41, 5.74) is 10.1. The minimum atomic E-state index is -0.116. The van der Waals surface area contributed by atoms with Crippen molar-refractivity contribution in [2.45, 2.75) is 51.0 Å². The molecule has 9 nitrogen and oxygen atoms in total. The van der Waals surface area contributed by atoms with E-state index in [2.05, 4.69) is 16.9 Å². The molecule has 3 aromatic carbocycles. The van der Waals surface area contributed by atoms with Gasteiger partial charge >= 0.3 is 0 Å². The molecule has 5 rings (SSSR count). The van der Waals surface area contributed by atoms with Gasteiger partial charge in [0.25, 0.3) is 5.91 Å². The van der Waals surface area contributed by atoms with Crippen molar-refractivity contribution in [3.05, 3.63) is 66.2 Å². The van der Waals surface area contributed by atoms with Gasteiger partial charge in [-0.1, -0.05) is 19.1 Å². The van der Waals surface area contributed by atoms with Crippen molar-refractivity contribution in [2.24, 2.45) is 0 Å². The van der Waals surface area contributed by atoms with Gasteiger partial charge in [-0.2, -0.15) is 0 Å². The molecule has 234 valence electrons. The number of unbranched alkanes of at least 4 members (excludes halogenated alkanes) is 1. The van der Waals surface area contributed by atoms with Crippen molar-refractivity contribution in [1.82, 2.24) is 14.9 Å². The smallest absolute Gasteiger partial charge is 0.256 e. The number of anilines is 1. The largest absolute Gasteiger partial charge is 0.497 e. The van der Waals surface area contributed by atoms with Crippen LogP contribution in [0.15, 0.2) is 60.7 Å². The van der Waals surface area contributed by atoms with Crippen molar-refractivity contribution >= 4 is 34.4 Å². The van der Waals surface area contributed by atoms with Crippen LogP contribution in [0.3, 0.4) is 0 Å². The molecule has 44 heavy (non-hydrogen) atoms. The van der Waals surface area contributed by atoms with Crippen LogP contribution in [0.4, 0.5) is 5.69 Å². The predicted molar refractivity (Wildman–Crippen MR) is 177 cm³/mol. The van der Waals surface area contributed by atoms with E-state index in [-0.39, 0.29) is 17.4 Å². The normalized spacial score (nSPS) is 15.4. The second kappa shape index (κ2) is 15.2. The molecule has 1 aliphatic rings. The molecule has 1 fully saturated rings. The number of imidazole rings is 1. The number of para-hydroxylation sites is 2. The van der Waals surface area contributed by atoms with Crippen molar-refractivity contribution in [1.29, 1.82) is 0 Å². The van der Waals surface area contributed by atoms with Gasteiger partial charge in [0.15, 0.2) is 0 Å². The number of hydrogen-bond donors (Lipinski definition) is 2. The van der Waals surface area contributed by atoms with E-state index in [0.29, 0.717) is 49.1 Å². The zero-order valence-corrected chi connectivity index (χ0v) is 26.5. The topological polar surface area (TPSA) is 112 Å². The number of H-pyrrole nitrogens is 1. The number of aromatic nitrogens is 2. The number of methoxy groups -OCH3 is 1. The SMILES string of the molecule is CCOC(SCC)[C@@H]1CCCN1C(=O)c1cc(OC)cc(OCCCCOc2ccc(-c3nc4ccccc4[nH]3)cc2)c1N. The Bertz CT molecular complexity index is 1490. The van der Waals surface area contributed by atoms with E-state index in [0.717, 1.165) is 59.6 Å². The van der Waals surface area contributed by atoms with Crippen LogP contribution in [-0.4, -0.2) is 71.5 Å². The van der Waals surface area contributed by atoms with E-state index in [1.54, 1.807) is 31.0 Å². The average molecular weight is 619 g/mol. The highest BCUT2D eigenvalue weighted by Crippen LogP contribution is 2.36. The van der Waals surface area contributed by atoms with E-state index in [9.17, 15) is 4.79 Å². The number of hydrogen-bond acceptors (Lipinski definition) is 8. The molecule has 1 aliphatic heterocycles. The predicted octanol–water partition coefficient (Wildman–Crippen LogP) is 6.78. The van der Waals surface area contributed by atoms with Crippen LogP contribution in [0, 0.1) is 0 Å². The van der Waals surface area contributed by atoms with Crippen molar-refractivity contribution < 1.29 is 23.7 Å². The number of rotatable bonds is 15. The molecule has 0 radical (unpaired) electrons. The van der Waals surface area contributed by atoms with Crippen LogP contribution in [0.25, 0.3) is 22.4 Å². The van der Waals surface area contributed by atoms with E-state index in [1.165, 1.54) is 0 Å². The summed E-state index contributed by atoms with van der Waals surface area (Å²) < 4.78 is 23.5.